The van der Waals surface area contributed by atoms with Crippen LogP contribution in [0.5, 0.6) is 5.75 Å². The third-order valence-electron chi connectivity index (χ3n) is 4.99. The maximum atomic E-state index is 12.1. The first-order valence-electron chi connectivity index (χ1n) is 10.0. The molecule has 0 saturated heterocycles. The number of aromatic amines is 1. The van der Waals surface area contributed by atoms with Crippen LogP contribution in [-0.2, 0) is 17.6 Å². The van der Waals surface area contributed by atoms with Crippen molar-refractivity contribution < 1.29 is 14.1 Å². The van der Waals surface area contributed by atoms with Crippen LogP contribution in [0.2, 0.25) is 0 Å². The first-order chi connectivity index (χ1) is 14.7. The number of carbonyl (C=O) groups excluding carboxylic acids is 1. The predicted octanol–water partition coefficient (Wildman–Crippen LogP) is 3.91. The average molecular weight is 404 g/mol. The van der Waals surface area contributed by atoms with Gasteiger partial charge in [0.1, 0.15) is 5.75 Å². The number of nitrogens with zero attached hydrogens (tertiary/aromatic N) is 2. The van der Waals surface area contributed by atoms with Crippen molar-refractivity contribution in [1.82, 2.24) is 20.4 Å². The number of hydrogen-bond acceptors (Lipinski definition) is 5. The second kappa shape index (κ2) is 9.26. The number of hydrogen-bond donors (Lipinski definition) is 2. The van der Waals surface area contributed by atoms with Crippen molar-refractivity contribution >= 4 is 16.8 Å². The molecule has 0 radical (unpaired) electrons. The van der Waals surface area contributed by atoms with Crippen molar-refractivity contribution in [2.45, 2.75) is 25.7 Å². The molecule has 2 aromatic carbocycles. The summed E-state index contributed by atoms with van der Waals surface area (Å²) in [7, 11) is 1.66. The van der Waals surface area contributed by atoms with Crippen LogP contribution in [0.25, 0.3) is 22.3 Å². The van der Waals surface area contributed by atoms with Gasteiger partial charge in [-0.2, -0.15) is 4.98 Å². The molecule has 0 fully saturated rings. The van der Waals surface area contributed by atoms with E-state index in [0.29, 0.717) is 37.5 Å². The third-order valence-corrected chi connectivity index (χ3v) is 4.99. The van der Waals surface area contributed by atoms with Crippen LogP contribution >= 0.6 is 0 Å². The zero-order chi connectivity index (χ0) is 20.8. The molecule has 4 rings (SSSR count). The summed E-state index contributed by atoms with van der Waals surface area (Å²) in [5.41, 5.74) is 3.13. The van der Waals surface area contributed by atoms with Crippen LogP contribution in [0.15, 0.2) is 59.3 Å². The second-order valence-corrected chi connectivity index (χ2v) is 7.06. The van der Waals surface area contributed by atoms with Gasteiger partial charge in [-0.05, 0) is 36.6 Å². The number of ether oxygens (including phenoxy) is 1. The smallest absolute Gasteiger partial charge is 0.226 e. The summed E-state index contributed by atoms with van der Waals surface area (Å²) in [4.78, 5) is 19.8. The highest BCUT2D eigenvalue weighted by molar-refractivity contribution is 5.84. The molecule has 7 heteroatoms. The highest BCUT2D eigenvalue weighted by Gasteiger charge is 2.10. The number of H-pyrrole nitrogens is 1. The molecule has 2 aromatic heterocycles. The molecule has 0 bridgehead atoms. The Morgan fingerprint density at radius 3 is 2.87 bits per heavy atom. The van der Waals surface area contributed by atoms with Crippen molar-refractivity contribution in [1.29, 1.82) is 0 Å². The SMILES string of the molecule is COc1ccc2[nH]cc(CCNC(=O)CCCc3nc(-c4ccccc4)no3)c2c1. The van der Waals surface area contributed by atoms with Crippen molar-refractivity contribution in [3.05, 3.63) is 66.2 Å². The summed E-state index contributed by atoms with van der Waals surface area (Å²) in [5.74, 6) is 1.97. The maximum Gasteiger partial charge on any atom is 0.226 e. The van der Waals surface area contributed by atoms with Gasteiger partial charge in [-0.1, -0.05) is 35.5 Å². The lowest BCUT2D eigenvalue weighted by molar-refractivity contribution is -0.121. The monoisotopic (exact) mass is 404 g/mol. The number of rotatable bonds is 9. The number of nitrogens with one attached hydrogen (secondary N) is 2. The first-order valence-corrected chi connectivity index (χ1v) is 10.0. The van der Waals surface area contributed by atoms with Gasteiger partial charge >= 0.3 is 0 Å². The van der Waals surface area contributed by atoms with Gasteiger partial charge in [0, 0.05) is 42.0 Å². The minimum absolute atomic E-state index is 0.0234. The van der Waals surface area contributed by atoms with Crippen LogP contribution in [0, 0.1) is 0 Å². The van der Waals surface area contributed by atoms with Gasteiger partial charge in [-0.15, -0.1) is 0 Å². The van der Waals surface area contributed by atoms with Crippen LogP contribution in [0.1, 0.15) is 24.3 Å². The Hall–Kier alpha value is -3.61. The lowest BCUT2D eigenvalue weighted by Crippen LogP contribution is -2.25. The van der Waals surface area contributed by atoms with E-state index in [0.717, 1.165) is 34.2 Å². The summed E-state index contributed by atoms with van der Waals surface area (Å²) < 4.78 is 10.6. The first kappa shape index (κ1) is 19.7. The van der Waals surface area contributed by atoms with Gasteiger partial charge in [0.15, 0.2) is 0 Å². The van der Waals surface area contributed by atoms with E-state index in [1.165, 1.54) is 0 Å². The van der Waals surface area contributed by atoms with Crippen LogP contribution in [-0.4, -0.2) is 34.7 Å². The molecule has 1 amide bonds. The molecule has 2 heterocycles. The molecule has 30 heavy (non-hydrogen) atoms. The number of aryl methyl sites for hydroxylation is 1. The van der Waals surface area contributed by atoms with Gasteiger partial charge in [0.25, 0.3) is 0 Å². The van der Waals surface area contributed by atoms with Crippen molar-refractivity contribution in [3.63, 3.8) is 0 Å². The second-order valence-electron chi connectivity index (χ2n) is 7.06. The van der Waals surface area contributed by atoms with E-state index in [4.69, 9.17) is 9.26 Å². The number of carbonyl (C=O) groups is 1. The highest BCUT2D eigenvalue weighted by atomic mass is 16.5. The molecule has 0 atom stereocenters. The molecule has 154 valence electrons. The number of aromatic nitrogens is 3. The number of fused-ring (bicyclic) bond motifs is 1. The molecule has 0 spiro atoms. The van der Waals surface area contributed by atoms with Crippen LogP contribution in [0.4, 0.5) is 0 Å². The van der Waals surface area contributed by atoms with E-state index in [1.54, 1.807) is 7.11 Å². The molecular weight excluding hydrogens is 380 g/mol. The summed E-state index contributed by atoms with van der Waals surface area (Å²) in [6.45, 7) is 0.585. The third kappa shape index (κ3) is 4.68. The molecule has 0 aliphatic carbocycles. The largest absolute Gasteiger partial charge is 0.497 e. The van der Waals surface area contributed by atoms with Gasteiger partial charge in [0.05, 0.1) is 7.11 Å². The molecule has 0 aliphatic heterocycles. The molecule has 0 unspecified atom stereocenters. The maximum absolute atomic E-state index is 12.1. The number of benzene rings is 2. The molecule has 0 aliphatic rings. The molecule has 7 nitrogen and oxygen atoms in total. The van der Waals surface area contributed by atoms with Gasteiger partial charge < -0.3 is 19.6 Å². The lowest BCUT2D eigenvalue weighted by Gasteiger charge is -2.05. The summed E-state index contributed by atoms with van der Waals surface area (Å²) in [6, 6.07) is 15.6. The predicted molar refractivity (Wildman–Crippen MR) is 114 cm³/mol. The van der Waals surface area contributed by atoms with Crippen molar-refractivity contribution in [2.24, 2.45) is 0 Å². The zero-order valence-electron chi connectivity index (χ0n) is 16.9. The van der Waals surface area contributed by atoms with Crippen molar-refractivity contribution in [2.75, 3.05) is 13.7 Å². The quantitative estimate of drug-likeness (QED) is 0.441. The van der Waals surface area contributed by atoms with E-state index in [-0.39, 0.29) is 5.91 Å². The number of methoxy groups -OCH3 is 1. The summed E-state index contributed by atoms with van der Waals surface area (Å²) in [5, 5.41) is 8.10. The molecule has 4 aromatic rings. The fraction of sp³-hybridized carbons (Fsp3) is 0.261. The van der Waals surface area contributed by atoms with Gasteiger partial charge in [-0.25, -0.2) is 0 Å². The molecular formula is C23H24N4O3. The van der Waals surface area contributed by atoms with E-state index < -0.39 is 0 Å². The van der Waals surface area contributed by atoms with Crippen LogP contribution in [0.3, 0.4) is 0 Å². The normalized spacial score (nSPS) is 11.0. The van der Waals surface area contributed by atoms with E-state index in [1.807, 2.05) is 54.7 Å². The molecule has 2 N–H and O–H groups in total. The lowest BCUT2D eigenvalue weighted by atomic mass is 10.1. The Morgan fingerprint density at radius 1 is 1.17 bits per heavy atom. The van der Waals surface area contributed by atoms with Crippen molar-refractivity contribution in [3.8, 4) is 17.1 Å². The van der Waals surface area contributed by atoms with Gasteiger partial charge in [0.2, 0.25) is 17.6 Å². The minimum atomic E-state index is 0.0234. The Labute approximate surface area is 174 Å². The molecule has 0 saturated carbocycles. The Morgan fingerprint density at radius 2 is 2.03 bits per heavy atom. The standard InChI is InChI=1S/C23H24N4O3/c1-29-18-10-11-20-19(14-18)17(15-25-20)12-13-24-21(28)8-5-9-22-26-23(27-30-22)16-6-3-2-4-7-16/h2-4,6-7,10-11,14-15,25H,5,8-9,12-13H2,1H3,(H,24,28). The van der Waals surface area contributed by atoms with E-state index in [2.05, 4.69) is 20.4 Å². The average Bonchev–Trinajstić information content (AvgIpc) is 3.41. The summed E-state index contributed by atoms with van der Waals surface area (Å²) in [6.07, 6.45) is 4.39. The Kier molecular flexibility index (Phi) is 6.08. The topological polar surface area (TPSA) is 93.0 Å². The van der Waals surface area contributed by atoms with Gasteiger partial charge in [-0.3, -0.25) is 4.79 Å². The fourth-order valence-electron chi connectivity index (χ4n) is 3.38. The zero-order valence-corrected chi connectivity index (χ0v) is 16.9. The Bertz CT molecular complexity index is 1120. The Balaban J connectivity index is 1.21. The number of amides is 1. The van der Waals surface area contributed by atoms with E-state index >= 15 is 0 Å². The van der Waals surface area contributed by atoms with E-state index in [9.17, 15) is 4.79 Å². The minimum Gasteiger partial charge on any atom is -0.497 e. The fourth-order valence-corrected chi connectivity index (χ4v) is 3.38. The van der Waals surface area contributed by atoms with Crippen LogP contribution < -0.4 is 10.1 Å². The highest BCUT2D eigenvalue weighted by Crippen LogP contribution is 2.23. The summed E-state index contributed by atoms with van der Waals surface area (Å²) >= 11 is 0.